The van der Waals surface area contributed by atoms with Crippen LogP contribution in [0.4, 0.5) is 0 Å². The maximum Gasteiger partial charge on any atom is 0.141 e. The van der Waals surface area contributed by atoms with Crippen LogP contribution in [0.2, 0.25) is 5.15 Å². The number of thiophene rings is 1. The Morgan fingerprint density at radius 1 is 1.40 bits per heavy atom. The molecule has 3 heterocycles. The third kappa shape index (κ3) is 2.81. The zero-order chi connectivity index (χ0) is 13.9. The van der Waals surface area contributed by atoms with Crippen LogP contribution in [-0.4, -0.2) is 41.7 Å². The van der Waals surface area contributed by atoms with E-state index in [0.717, 1.165) is 49.3 Å². The molecule has 0 aromatic carbocycles. The van der Waals surface area contributed by atoms with Gasteiger partial charge in [-0.05, 0) is 31.4 Å². The lowest BCUT2D eigenvalue weighted by atomic mass is 10.1. The number of fused-ring (bicyclic) bond motifs is 3. The highest BCUT2D eigenvalue weighted by atomic mass is 35.5. The van der Waals surface area contributed by atoms with Crippen molar-refractivity contribution in [3.8, 4) is 0 Å². The normalized spacial score (nSPS) is 15.7. The molecular formula is C14H18ClN3OS. The van der Waals surface area contributed by atoms with Crippen molar-refractivity contribution >= 4 is 33.2 Å². The molecule has 1 aliphatic heterocycles. The highest BCUT2D eigenvalue weighted by molar-refractivity contribution is 7.19. The van der Waals surface area contributed by atoms with Gasteiger partial charge in [0.1, 0.15) is 16.3 Å². The molecule has 0 spiro atoms. The summed E-state index contributed by atoms with van der Waals surface area (Å²) in [5.41, 5.74) is 1.36. The molecular weight excluding hydrogens is 294 g/mol. The molecule has 0 atom stereocenters. The first-order valence-corrected chi connectivity index (χ1v) is 8.11. The fourth-order valence-electron chi connectivity index (χ4n) is 2.71. The molecule has 1 aliphatic rings. The Labute approximate surface area is 127 Å². The summed E-state index contributed by atoms with van der Waals surface area (Å²) >= 11 is 7.98. The molecule has 0 aliphatic carbocycles. The first-order chi connectivity index (χ1) is 9.79. The first-order valence-electron chi connectivity index (χ1n) is 6.91. The van der Waals surface area contributed by atoms with Gasteiger partial charge in [-0.1, -0.05) is 11.6 Å². The lowest BCUT2D eigenvalue weighted by molar-refractivity contribution is 0.181. The standard InChI is InChI=1S/C14H18ClN3OS/c1-19-7-3-2-5-18-6-4-10-11(8-18)20-14-12(10)13(15)16-9-17-14/h9H,2-8H2,1H3. The van der Waals surface area contributed by atoms with Gasteiger partial charge in [-0.3, -0.25) is 4.90 Å². The van der Waals surface area contributed by atoms with Crippen LogP contribution in [0.3, 0.4) is 0 Å². The number of unbranched alkanes of at least 4 members (excludes halogenated alkanes) is 1. The second kappa shape index (κ2) is 6.35. The molecule has 2 aromatic heterocycles. The lowest BCUT2D eigenvalue weighted by Crippen LogP contribution is -2.30. The minimum Gasteiger partial charge on any atom is -0.385 e. The molecule has 3 rings (SSSR count). The number of methoxy groups -OCH3 is 1. The molecule has 0 fully saturated rings. The Morgan fingerprint density at radius 3 is 3.15 bits per heavy atom. The number of hydrogen-bond donors (Lipinski definition) is 0. The van der Waals surface area contributed by atoms with Crippen molar-refractivity contribution in [3.05, 3.63) is 21.9 Å². The van der Waals surface area contributed by atoms with Gasteiger partial charge in [-0.2, -0.15) is 0 Å². The quantitative estimate of drug-likeness (QED) is 0.628. The van der Waals surface area contributed by atoms with Gasteiger partial charge in [0.25, 0.3) is 0 Å². The highest BCUT2D eigenvalue weighted by Crippen LogP contribution is 2.36. The minimum atomic E-state index is 0.598. The average Bonchev–Trinajstić information content (AvgIpc) is 2.82. The van der Waals surface area contributed by atoms with Gasteiger partial charge in [-0.25, -0.2) is 9.97 Å². The highest BCUT2D eigenvalue weighted by Gasteiger charge is 2.22. The van der Waals surface area contributed by atoms with Crippen LogP contribution < -0.4 is 0 Å². The van der Waals surface area contributed by atoms with Crippen molar-refractivity contribution in [2.45, 2.75) is 25.8 Å². The maximum absolute atomic E-state index is 6.22. The molecule has 6 heteroatoms. The Bertz CT molecular complexity index is 601. The van der Waals surface area contributed by atoms with Gasteiger partial charge in [0.2, 0.25) is 0 Å². The third-order valence-corrected chi connectivity index (χ3v) is 5.15. The van der Waals surface area contributed by atoms with Crippen LogP contribution in [0, 0.1) is 0 Å². The molecule has 20 heavy (non-hydrogen) atoms. The van der Waals surface area contributed by atoms with E-state index < -0.39 is 0 Å². The van der Waals surface area contributed by atoms with Crippen LogP contribution in [0.5, 0.6) is 0 Å². The second-order valence-corrected chi connectivity index (χ2v) is 6.52. The number of nitrogens with zero attached hydrogens (tertiary/aromatic N) is 3. The van der Waals surface area contributed by atoms with Crippen molar-refractivity contribution in [2.75, 3.05) is 26.8 Å². The molecule has 0 N–H and O–H groups in total. The predicted octanol–water partition coefficient (Wildman–Crippen LogP) is 3.13. The molecule has 0 radical (unpaired) electrons. The minimum absolute atomic E-state index is 0.598. The van der Waals surface area contributed by atoms with Crippen LogP contribution >= 0.6 is 22.9 Å². The van der Waals surface area contributed by atoms with Gasteiger partial charge in [0.15, 0.2) is 0 Å². The topological polar surface area (TPSA) is 38.2 Å². The molecule has 0 saturated carbocycles. The van der Waals surface area contributed by atoms with Crippen molar-refractivity contribution in [3.63, 3.8) is 0 Å². The van der Waals surface area contributed by atoms with E-state index in [0.29, 0.717) is 5.15 Å². The zero-order valence-corrected chi connectivity index (χ0v) is 13.1. The molecule has 108 valence electrons. The second-order valence-electron chi connectivity index (χ2n) is 5.07. The number of hydrogen-bond acceptors (Lipinski definition) is 5. The number of rotatable bonds is 5. The monoisotopic (exact) mass is 311 g/mol. The van der Waals surface area contributed by atoms with E-state index in [4.69, 9.17) is 16.3 Å². The van der Waals surface area contributed by atoms with Crippen LogP contribution in [-0.2, 0) is 17.7 Å². The Balaban J connectivity index is 1.72. The van der Waals surface area contributed by atoms with Crippen molar-refractivity contribution in [1.29, 1.82) is 0 Å². The first kappa shape index (κ1) is 14.2. The van der Waals surface area contributed by atoms with Crippen LogP contribution in [0.1, 0.15) is 23.3 Å². The van der Waals surface area contributed by atoms with Crippen molar-refractivity contribution in [2.24, 2.45) is 0 Å². The van der Waals surface area contributed by atoms with Gasteiger partial charge in [0, 0.05) is 31.7 Å². The van der Waals surface area contributed by atoms with Gasteiger partial charge >= 0.3 is 0 Å². The van der Waals surface area contributed by atoms with Crippen LogP contribution in [0.15, 0.2) is 6.33 Å². The molecule has 2 aromatic rings. The molecule has 0 unspecified atom stereocenters. The summed E-state index contributed by atoms with van der Waals surface area (Å²) in [6.07, 6.45) is 4.92. The third-order valence-electron chi connectivity index (χ3n) is 3.74. The summed E-state index contributed by atoms with van der Waals surface area (Å²) in [6.45, 7) is 4.10. The molecule has 0 saturated heterocycles. The van der Waals surface area contributed by atoms with E-state index in [2.05, 4.69) is 14.9 Å². The predicted molar refractivity (Wildman–Crippen MR) is 82.5 cm³/mol. The fraction of sp³-hybridized carbons (Fsp3) is 0.571. The Kier molecular flexibility index (Phi) is 4.51. The van der Waals surface area contributed by atoms with E-state index in [1.54, 1.807) is 24.8 Å². The Hall–Kier alpha value is -0.750. The summed E-state index contributed by atoms with van der Waals surface area (Å²) in [6, 6.07) is 0. The number of ether oxygens (including phenoxy) is 1. The molecule has 0 bridgehead atoms. The Morgan fingerprint density at radius 2 is 2.30 bits per heavy atom. The SMILES string of the molecule is COCCCCN1CCc2c(sc3ncnc(Cl)c23)C1. The summed E-state index contributed by atoms with van der Waals surface area (Å²) in [7, 11) is 1.76. The van der Waals surface area contributed by atoms with Crippen LogP contribution in [0.25, 0.3) is 10.2 Å². The maximum atomic E-state index is 6.22. The summed E-state index contributed by atoms with van der Waals surface area (Å²) < 4.78 is 5.09. The fourth-order valence-corrected chi connectivity index (χ4v) is 4.25. The van der Waals surface area contributed by atoms with Crippen molar-refractivity contribution < 1.29 is 4.74 Å². The van der Waals surface area contributed by atoms with Gasteiger partial charge in [-0.15, -0.1) is 11.3 Å². The lowest BCUT2D eigenvalue weighted by Gasteiger charge is -2.26. The summed E-state index contributed by atoms with van der Waals surface area (Å²) in [5.74, 6) is 0. The summed E-state index contributed by atoms with van der Waals surface area (Å²) in [4.78, 5) is 13.4. The van der Waals surface area contributed by atoms with E-state index in [-0.39, 0.29) is 0 Å². The summed E-state index contributed by atoms with van der Waals surface area (Å²) in [5, 5.41) is 1.68. The van der Waals surface area contributed by atoms with E-state index >= 15 is 0 Å². The number of halogens is 1. The van der Waals surface area contributed by atoms with Gasteiger partial charge < -0.3 is 4.74 Å². The number of aromatic nitrogens is 2. The van der Waals surface area contributed by atoms with E-state index in [1.807, 2.05) is 0 Å². The van der Waals surface area contributed by atoms with E-state index in [1.165, 1.54) is 16.9 Å². The van der Waals surface area contributed by atoms with Crippen molar-refractivity contribution in [1.82, 2.24) is 14.9 Å². The largest absolute Gasteiger partial charge is 0.385 e. The smallest absolute Gasteiger partial charge is 0.141 e. The zero-order valence-electron chi connectivity index (χ0n) is 11.6. The van der Waals surface area contributed by atoms with Gasteiger partial charge in [0.05, 0.1) is 5.39 Å². The molecule has 0 amide bonds. The molecule has 4 nitrogen and oxygen atoms in total. The average molecular weight is 312 g/mol. The van der Waals surface area contributed by atoms with E-state index in [9.17, 15) is 0 Å².